The van der Waals surface area contributed by atoms with Crippen LogP contribution in [0.2, 0.25) is 0 Å². The number of benzene rings is 3. The topological polar surface area (TPSA) is 203 Å². The van der Waals surface area contributed by atoms with E-state index in [1.807, 2.05) is 74.5 Å². The highest BCUT2D eigenvalue weighted by atomic mass is 32.2. The second-order valence-corrected chi connectivity index (χ2v) is 14.8. The van der Waals surface area contributed by atoms with E-state index in [1.54, 1.807) is 13.8 Å². The number of carbonyl (C=O) groups is 5. The zero-order chi connectivity index (χ0) is 42.2. The largest absolute Gasteiger partial charge is 0.490 e. The minimum atomic E-state index is -5.08. The van der Waals surface area contributed by atoms with Gasteiger partial charge >= 0.3 is 12.1 Å². The molecule has 0 aliphatic rings. The van der Waals surface area contributed by atoms with Crippen molar-refractivity contribution in [2.75, 3.05) is 30.7 Å². The number of carbonyl (C=O) groups excluding carboxylic acids is 4. The Hall–Kier alpha value is -5.49. The average Bonchev–Trinajstić information content (AvgIpc) is 3.15. The third-order valence-electron chi connectivity index (χ3n) is 8.31. The molecule has 0 aliphatic carbocycles. The third kappa shape index (κ3) is 15.3. The molecule has 0 spiro atoms. The number of hydrogen-bond donors (Lipinski definition) is 6. The molecule has 56 heavy (non-hydrogen) atoms. The summed E-state index contributed by atoms with van der Waals surface area (Å²) >= 11 is 0. The number of sulfonamides is 1. The second-order valence-electron chi connectivity index (χ2n) is 12.8. The van der Waals surface area contributed by atoms with Crippen molar-refractivity contribution < 1.29 is 50.7 Å². The molecule has 18 heteroatoms. The number of likely N-dealkylation sites (N-methyl/N-ethyl adjacent to an activating group) is 1. The number of carboxylic acid groups (broad SMARTS) is 1. The number of alkyl halides is 3. The van der Waals surface area contributed by atoms with Crippen molar-refractivity contribution >= 4 is 45.3 Å². The van der Waals surface area contributed by atoms with Crippen molar-refractivity contribution in [1.82, 2.24) is 26.6 Å². The van der Waals surface area contributed by atoms with Gasteiger partial charge in [-0.2, -0.15) is 13.2 Å². The number of carboxylic acids is 1. The van der Waals surface area contributed by atoms with E-state index in [0.29, 0.717) is 19.4 Å². The predicted octanol–water partition coefficient (Wildman–Crippen LogP) is 3.56. The van der Waals surface area contributed by atoms with Crippen LogP contribution in [0.3, 0.4) is 0 Å². The number of hydrogen-bond acceptors (Lipinski definition) is 8. The normalized spacial score (nSPS) is 13.4. The summed E-state index contributed by atoms with van der Waals surface area (Å²) in [6.45, 7) is 7.76. The van der Waals surface area contributed by atoms with Crippen LogP contribution in [0.4, 0.5) is 18.9 Å². The summed E-state index contributed by atoms with van der Waals surface area (Å²) in [4.78, 5) is 61.4. The molecular weight excluding hydrogens is 758 g/mol. The molecule has 0 bridgehead atoms. The van der Waals surface area contributed by atoms with E-state index in [2.05, 4.69) is 26.6 Å². The minimum Gasteiger partial charge on any atom is -0.475 e. The molecule has 3 aromatic carbocycles. The van der Waals surface area contributed by atoms with Crippen LogP contribution >= 0.6 is 0 Å². The van der Waals surface area contributed by atoms with E-state index in [-0.39, 0.29) is 41.2 Å². The molecule has 0 aliphatic heterocycles. The van der Waals surface area contributed by atoms with Crippen molar-refractivity contribution in [1.29, 1.82) is 0 Å². The number of nitrogens with zero attached hydrogens (tertiary/aromatic N) is 1. The molecule has 4 amide bonds. The Morgan fingerprint density at radius 1 is 0.804 bits per heavy atom. The highest BCUT2D eigenvalue weighted by Gasteiger charge is 2.38. The van der Waals surface area contributed by atoms with Gasteiger partial charge in [-0.15, -0.1) is 0 Å². The lowest BCUT2D eigenvalue weighted by molar-refractivity contribution is -0.192. The molecule has 14 nitrogen and oxygen atoms in total. The van der Waals surface area contributed by atoms with E-state index >= 15 is 0 Å². The van der Waals surface area contributed by atoms with Gasteiger partial charge in [0.25, 0.3) is 11.8 Å². The summed E-state index contributed by atoms with van der Waals surface area (Å²) in [5.74, 6) is -4.39. The molecule has 0 saturated carbocycles. The van der Waals surface area contributed by atoms with Crippen molar-refractivity contribution in [3.05, 3.63) is 101 Å². The zero-order valence-electron chi connectivity index (χ0n) is 31.9. The molecule has 0 unspecified atom stereocenters. The molecule has 6 N–H and O–H groups in total. The summed E-state index contributed by atoms with van der Waals surface area (Å²) in [5.41, 5.74) is 2.17. The SMILES string of the molecule is CCNC(=O)[C@H](CC)NC(=O)[C@H](C)NC[C@H](Cc1ccccc1)NC(=O)c1cc(C(=O)N[C@H](C)c2ccccc2)cc(N(C)S(C)(=O)=O)c1.O=C(O)C(F)(F)F. The minimum absolute atomic E-state index is 0.0853. The summed E-state index contributed by atoms with van der Waals surface area (Å²) in [6, 6.07) is 20.9. The van der Waals surface area contributed by atoms with Crippen molar-refractivity contribution in [2.24, 2.45) is 0 Å². The molecule has 0 heterocycles. The predicted molar refractivity (Wildman–Crippen MR) is 205 cm³/mol. The first-order valence-electron chi connectivity index (χ1n) is 17.6. The first kappa shape index (κ1) is 46.7. The number of aliphatic carboxylic acids is 1. The van der Waals surface area contributed by atoms with Gasteiger partial charge in [-0.25, -0.2) is 13.2 Å². The number of anilines is 1. The fraction of sp³-hybridized carbons (Fsp3) is 0.395. The Labute approximate surface area is 324 Å². The third-order valence-corrected chi connectivity index (χ3v) is 9.51. The number of rotatable bonds is 17. The average molecular weight is 807 g/mol. The monoisotopic (exact) mass is 806 g/mol. The second kappa shape index (κ2) is 21.6. The van der Waals surface area contributed by atoms with Gasteiger partial charge in [0, 0.05) is 37.3 Å². The van der Waals surface area contributed by atoms with E-state index in [0.717, 1.165) is 21.7 Å². The molecule has 306 valence electrons. The molecule has 0 aromatic heterocycles. The summed E-state index contributed by atoms with van der Waals surface area (Å²) in [5, 5.41) is 21.7. The Morgan fingerprint density at radius 2 is 1.32 bits per heavy atom. The molecule has 0 radical (unpaired) electrons. The lowest BCUT2D eigenvalue weighted by Gasteiger charge is -2.24. The van der Waals surface area contributed by atoms with Crippen LogP contribution < -0.4 is 30.9 Å². The fourth-order valence-corrected chi connectivity index (χ4v) is 5.54. The van der Waals surface area contributed by atoms with Crippen LogP contribution in [-0.4, -0.2) is 93.8 Å². The van der Waals surface area contributed by atoms with Crippen LogP contribution in [0.5, 0.6) is 0 Å². The van der Waals surface area contributed by atoms with Gasteiger partial charge in [0.2, 0.25) is 21.8 Å². The Balaban J connectivity index is 0.00000141. The van der Waals surface area contributed by atoms with Crippen LogP contribution in [0, 0.1) is 0 Å². The van der Waals surface area contributed by atoms with Gasteiger partial charge in [-0.3, -0.25) is 23.5 Å². The van der Waals surface area contributed by atoms with Gasteiger partial charge in [-0.05, 0) is 62.9 Å². The van der Waals surface area contributed by atoms with Crippen LogP contribution in [0.25, 0.3) is 0 Å². The van der Waals surface area contributed by atoms with E-state index in [9.17, 15) is 40.8 Å². The van der Waals surface area contributed by atoms with Gasteiger partial charge in [0.15, 0.2) is 0 Å². The number of halogens is 3. The Kier molecular flexibility index (Phi) is 18.0. The highest BCUT2D eigenvalue weighted by molar-refractivity contribution is 7.92. The van der Waals surface area contributed by atoms with Crippen molar-refractivity contribution in [2.45, 2.75) is 70.9 Å². The van der Waals surface area contributed by atoms with E-state index in [1.165, 1.54) is 25.2 Å². The van der Waals surface area contributed by atoms with Crippen LogP contribution in [0.1, 0.15) is 72.0 Å². The first-order valence-corrected chi connectivity index (χ1v) is 19.4. The van der Waals surface area contributed by atoms with Gasteiger partial charge < -0.3 is 31.7 Å². The summed E-state index contributed by atoms with van der Waals surface area (Å²) in [7, 11) is -2.37. The smallest absolute Gasteiger partial charge is 0.475 e. The maximum atomic E-state index is 13.8. The molecule has 0 fully saturated rings. The summed E-state index contributed by atoms with van der Waals surface area (Å²) < 4.78 is 57.7. The fourth-order valence-electron chi connectivity index (χ4n) is 5.05. The Bertz CT molecular complexity index is 1900. The van der Waals surface area contributed by atoms with Crippen LogP contribution in [0.15, 0.2) is 78.9 Å². The highest BCUT2D eigenvalue weighted by Crippen LogP contribution is 2.22. The van der Waals surface area contributed by atoms with Gasteiger partial charge in [-0.1, -0.05) is 67.6 Å². The quantitative estimate of drug-likeness (QED) is 0.118. The standard InChI is InChI=1S/C36H48N6O6S.C2HF3O2/c1-7-32(36(46)37-8-2)41-33(43)25(4)38-23-30(19-26-15-11-9-12-16-26)40-35(45)29-20-28(21-31(22-29)42(5)49(6,47)48)34(44)39-24(3)27-17-13-10-14-18-27;3-2(4,5)1(6)7/h9-18,20-22,24-25,30,32,38H,7-8,19,23H2,1-6H3,(H,37,46)(H,39,44)(H,40,45)(H,41,43);(H,6,7)/t24-,25+,30+,32+;/m1./s1. The van der Waals surface area contributed by atoms with E-state index < -0.39 is 52.1 Å². The maximum Gasteiger partial charge on any atom is 0.490 e. The van der Waals surface area contributed by atoms with Crippen LogP contribution in [-0.2, 0) is 30.8 Å². The lowest BCUT2D eigenvalue weighted by atomic mass is 10.0. The van der Waals surface area contributed by atoms with Crippen molar-refractivity contribution in [3.63, 3.8) is 0 Å². The molecule has 3 rings (SSSR count). The molecule has 0 saturated heterocycles. The lowest BCUT2D eigenvalue weighted by Crippen LogP contribution is -2.53. The number of amides is 4. The van der Waals surface area contributed by atoms with Crippen molar-refractivity contribution in [3.8, 4) is 0 Å². The zero-order valence-corrected chi connectivity index (χ0v) is 32.8. The first-order chi connectivity index (χ1) is 26.2. The summed E-state index contributed by atoms with van der Waals surface area (Å²) in [6.07, 6.45) is -3.21. The molecular formula is C38H49F3N6O8S. The Morgan fingerprint density at radius 3 is 1.80 bits per heavy atom. The van der Waals surface area contributed by atoms with Gasteiger partial charge in [0.1, 0.15) is 6.04 Å². The molecule has 4 atom stereocenters. The number of nitrogens with one attached hydrogen (secondary N) is 5. The van der Waals surface area contributed by atoms with Gasteiger partial charge in [0.05, 0.1) is 24.0 Å². The maximum absolute atomic E-state index is 13.8. The molecule has 3 aromatic rings. The van der Waals surface area contributed by atoms with E-state index in [4.69, 9.17) is 9.90 Å².